The van der Waals surface area contributed by atoms with Gasteiger partial charge in [-0.25, -0.2) is 4.39 Å². The van der Waals surface area contributed by atoms with Gasteiger partial charge in [-0.3, -0.25) is 9.59 Å². The van der Waals surface area contributed by atoms with Crippen LogP contribution >= 0.6 is 0 Å². The number of ketones is 1. The maximum Gasteiger partial charge on any atom is 0.322 e. The van der Waals surface area contributed by atoms with E-state index in [4.69, 9.17) is 4.74 Å². The molecule has 0 N–H and O–H groups in total. The van der Waals surface area contributed by atoms with E-state index in [1.54, 1.807) is 12.1 Å². The molecule has 0 amide bonds. The molecule has 0 aliphatic carbocycles. The first kappa shape index (κ1) is 11.9. The van der Waals surface area contributed by atoms with E-state index in [0.29, 0.717) is 12.2 Å². The number of Topliss-reactive ketones (excluding diaryl/α,β-unsaturated/α-hetero) is 1. The summed E-state index contributed by atoms with van der Waals surface area (Å²) in [7, 11) is 0. The highest BCUT2D eigenvalue weighted by molar-refractivity contribution is 6.11. The van der Waals surface area contributed by atoms with Gasteiger partial charge in [0.15, 0.2) is 17.8 Å². The smallest absolute Gasteiger partial charge is 0.322 e. The highest BCUT2D eigenvalue weighted by Gasteiger charge is 2.62. The normalized spacial score (nSPS) is 31.4. The van der Waals surface area contributed by atoms with Gasteiger partial charge in [0.05, 0.1) is 11.7 Å². The number of hydrogen-bond donors (Lipinski definition) is 0. The van der Waals surface area contributed by atoms with Crippen molar-refractivity contribution in [2.75, 3.05) is 18.1 Å². The van der Waals surface area contributed by atoms with Gasteiger partial charge < -0.3 is 9.64 Å². The Hall–Kier alpha value is -1.91. The Labute approximate surface area is 115 Å². The van der Waals surface area contributed by atoms with Crippen LogP contribution in [-0.2, 0) is 20.7 Å². The number of nitrogens with zero attached hydrogens (tertiary/aromatic N) is 1. The van der Waals surface area contributed by atoms with Crippen molar-refractivity contribution in [2.24, 2.45) is 5.41 Å². The van der Waals surface area contributed by atoms with E-state index in [1.165, 1.54) is 6.07 Å². The van der Waals surface area contributed by atoms with Crippen LogP contribution in [0.15, 0.2) is 18.2 Å². The third kappa shape index (κ3) is 1.25. The quantitative estimate of drug-likeness (QED) is 0.531. The Morgan fingerprint density at radius 1 is 1.35 bits per heavy atom. The number of ether oxygens (including phenoxy) is 1. The minimum Gasteiger partial charge on any atom is -0.457 e. The Balaban J connectivity index is 1.94. The maximum atomic E-state index is 14.1. The van der Waals surface area contributed by atoms with Gasteiger partial charge in [0.25, 0.3) is 0 Å². The molecule has 1 spiro atoms. The fraction of sp³-hybridized carbons (Fsp3) is 0.467. The molecule has 3 heterocycles. The van der Waals surface area contributed by atoms with Crippen LogP contribution in [0.4, 0.5) is 10.1 Å². The second-order valence-electron chi connectivity index (χ2n) is 5.75. The standard InChI is InChI=1S/C15H14FNO3/c16-10-4-1-3-9-7-15(12(18)8-20-14(15)19)11-5-2-6-17(11)13(9)10/h1,3-4,11H,2,5-8H2/t11-,15+/m1/s1. The minimum atomic E-state index is -1.11. The van der Waals surface area contributed by atoms with Crippen molar-refractivity contribution in [1.82, 2.24) is 0 Å². The molecule has 2 atom stereocenters. The van der Waals surface area contributed by atoms with Crippen LogP contribution in [0, 0.1) is 11.2 Å². The molecular weight excluding hydrogens is 261 g/mol. The highest BCUT2D eigenvalue weighted by Crippen LogP contribution is 2.49. The summed E-state index contributed by atoms with van der Waals surface area (Å²) >= 11 is 0. The molecular formula is C15H14FNO3. The predicted octanol–water partition coefficient (Wildman–Crippen LogP) is 1.46. The van der Waals surface area contributed by atoms with E-state index < -0.39 is 11.4 Å². The van der Waals surface area contributed by atoms with Crippen LogP contribution in [0.1, 0.15) is 18.4 Å². The molecule has 1 aromatic rings. The molecule has 5 heteroatoms. The van der Waals surface area contributed by atoms with Crippen molar-refractivity contribution in [2.45, 2.75) is 25.3 Å². The van der Waals surface area contributed by atoms with E-state index >= 15 is 0 Å². The molecule has 0 unspecified atom stereocenters. The van der Waals surface area contributed by atoms with Gasteiger partial charge in [0, 0.05) is 6.54 Å². The van der Waals surface area contributed by atoms with Crippen LogP contribution < -0.4 is 4.90 Å². The average Bonchev–Trinajstić information content (AvgIpc) is 3.01. The lowest BCUT2D eigenvalue weighted by molar-refractivity contribution is -0.148. The molecule has 0 saturated carbocycles. The van der Waals surface area contributed by atoms with Gasteiger partial charge in [-0.05, 0) is 30.9 Å². The summed E-state index contributed by atoms with van der Waals surface area (Å²) in [4.78, 5) is 26.5. The third-order valence-corrected chi connectivity index (χ3v) is 4.84. The minimum absolute atomic E-state index is 0.145. The average molecular weight is 275 g/mol. The van der Waals surface area contributed by atoms with E-state index in [2.05, 4.69) is 0 Å². The number of carbonyl (C=O) groups excluding carboxylic acids is 2. The summed E-state index contributed by atoms with van der Waals surface area (Å²) in [6.07, 6.45) is 1.86. The number of benzene rings is 1. The van der Waals surface area contributed by atoms with Gasteiger partial charge in [0.1, 0.15) is 5.82 Å². The van der Waals surface area contributed by atoms with Crippen molar-refractivity contribution < 1.29 is 18.7 Å². The molecule has 2 saturated heterocycles. The summed E-state index contributed by atoms with van der Waals surface area (Å²) < 4.78 is 19.1. The molecule has 0 radical (unpaired) electrons. The van der Waals surface area contributed by atoms with Crippen molar-refractivity contribution in [1.29, 1.82) is 0 Å². The lowest BCUT2D eigenvalue weighted by Crippen LogP contribution is -2.56. The van der Waals surface area contributed by atoms with E-state index in [1.807, 2.05) is 4.90 Å². The maximum absolute atomic E-state index is 14.1. The van der Waals surface area contributed by atoms with Crippen molar-refractivity contribution in [3.05, 3.63) is 29.6 Å². The molecule has 20 heavy (non-hydrogen) atoms. The van der Waals surface area contributed by atoms with Gasteiger partial charge >= 0.3 is 5.97 Å². The second-order valence-corrected chi connectivity index (χ2v) is 5.75. The van der Waals surface area contributed by atoms with E-state index in [-0.39, 0.29) is 30.7 Å². The summed E-state index contributed by atoms with van der Waals surface area (Å²) in [6, 6.07) is 4.60. The zero-order valence-electron chi connectivity index (χ0n) is 10.9. The van der Waals surface area contributed by atoms with Gasteiger partial charge in [-0.2, -0.15) is 0 Å². The Morgan fingerprint density at radius 2 is 2.20 bits per heavy atom. The zero-order chi connectivity index (χ0) is 13.9. The first-order valence-electron chi connectivity index (χ1n) is 6.89. The number of anilines is 1. The number of hydrogen-bond acceptors (Lipinski definition) is 4. The second kappa shape index (κ2) is 3.81. The van der Waals surface area contributed by atoms with E-state index in [0.717, 1.165) is 18.4 Å². The largest absolute Gasteiger partial charge is 0.457 e. The van der Waals surface area contributed by atoms with Crippen molar-refractivity contribution in [3.63, 3.8) is 0 Å². The molecule has 2 fully saturated rings. The summed E-state index contributed by atoms with van der Waals surface area (Å²) in [5.74, 6) is -0.869. The van der Waals surface area contributed by atoms with Crippen LogP contribution in [0.25, 0.3) is 0 Å². The number of rotatable bonds is 0. The number of halogens is 1. The van der Waals surface area contributed by atoms with Gasteiger partial charge in [0.2, 0.25) is 0 Å². The summed E-state index contributed by atoms with van der Waals surface area (Å²) in [6.45, 7) is 0.536. The van der Waals surface area contributed by atoms with E-state index in [9.17, 15) is 14.0 Å². The number of fused-ring (bicyclic) bond motifs is 4. The molecule has 3 aliphatic heterocycles. The SMILES string of the molecule is O=C1COC(=O)[C@]12Cc1cccc(F)c1N1CCC[C@@H]12. The Morgan fingerprint density at radius 3 is 2.95 bits per heavy atom. The summed E-state index contributed by atoms with van der Waals surface area (Å²) in [5.41, 5.74) is 0.181. The molecule has 0 aromatic heterocycles. The number of cyclic esters (lactones) is 1. The molecule has 3 aliphatic rings. The van der Waals surface area contributed by atoms with Gasteiger partial charge in [-0.1, -0.05) is 12.1 Å². The first-order chi connectivity index (χ1) is 9.64. The van der Waals surface area contributed by atoms with Crippen LogP contribution in [-0.4, -0.2) is 30.9 Å². The van der Waals surface area contributed by atoms with Crippen LogP contribution in [0.2, 0.25) is 0 Å². The highest BCUT2D eigenvalue weighted by atomic mass is 19.1. The molecule has 0 bridgehead atoms. The van der Waals surface area contributed by atoms with Gasteiger partial charge in [-0.15, -0.1) is 0 Å². The molecule has 104 valence electrons. The molecule has 1 aromatic carbocycles. The lowest BCUT2D eigenvalue weighted by Gasteiger charge is -2.43. The van der Waals surface area contributed by atoms with Crippen molar-refractivity contribution >= 4 is 17.4 Å². The molecule has 4 rings (SSSR count). The van der Waals surface area contributed by atoms with Crippen LogP contribution in [0.3, 0.4) is 0 Å². The fourth-order valence-electron chi connectivity index (χ4n) is 3.98. The number of para-hydroxylation sites is 1. The third-order valence-electron chi connectivity index (χ3n) is 4.84. The van der Waals surface area contributed by atoms with Crippen LogP contribution in [0.5, 0.6) is 0 Å². The van der Waals surface area contributed by atoms with Crippen molar-refractivity contribution in [3.8, 4) is 0 Å². The zero-order valence-corrected chi connectivity index (χ0v) is 10.9. The number of esters is 1. The molecule has 4 nitrogen and oxygen atoms in total. The number of carbonyl (C=O) groups is 2. The predicted molar refractivity (Wildman–Crippen MR) is 68.9 cm³/mol. The monoisotopic (exact) mass is 275 g/mol. The first-order valence-corrected chi connectivity index (χ1v) is 6.89. The fourth-order valence-corrected chi connectivity index (χ4v) is 3.98. The topological polar surface area (TPSA) is 46.6 Å². The lowest BCUT2D eigenvalue weighted by atomic mass is 9.69. The Bertz CT molecular complexity index is 612. The Kier molecular flexibility index (Phi) is 2.26. The summed E-state index contributed by atoms with van der Waals surface area (Å²) in [5, 5.41) is 0.